The fourth-order valence-corrected chi connectivity index (χ4v) is 3.41. The minimum atomic E-state index is -1.35. The molecular formula is C29H26O12. The second kappa shape index (κ2) is 13.4. The third-order valence-electron chi connectivity index (χ3n) is 5.48. The van der Waals surface area contributed by atoms with E-state index in [2.05, 4.69) is 4.74 Å². The number of hydrogen-bond donors (Lipinski definition) is 5. The molecular weight excluding hydrogens is 540 g/mol. The van der Waals surface area contributed by atoms with Gasteiger partial charge in [0, 0.05) is 12.5 Å². The molecule has 41 heavy (non-hydrogen) atoms. The van der Waals surface area contributed by atoms with Crippen LogP contribution in [-0.4, -0.2) is 63.8 Å². The number of ether oxygens (including phenoxy) is 4. The van der Waals surface area contributed by atoms with Gasteiger partial charge in [-0.25, -0.2) is 14.4 Å². The highest BCUT2D eigenvalue weighted by Gasteiger charge is 2.24. The van der Waals surface area contributed by atoms with Crippen molar-refractivity contribution in [2.24, 2.45) is 0 Å². The molecule has 0 saturated carbocycles. The average Bonchev–Trinajstić information content (AvgIpc) is 2.95. The maximum Gasteiger partial charge on any atom is 0.373 e. The molecule has 0 aromatic heterocycles. The summed E-state index contributed by atoms with van der Waals surface area (Å²) < 4.78 is 20.2. The van der Waals surface area contributed by atoms with Crippen molar-refractivity contribution in [2.45, 2.75) is 12.5 Å². The number of phenolic OH excluding ortho intramolecular Hbond substituents is 5. The van der Waals surface area contributed by atoms with E-state index in [0.717, 1.165) is 20.3 Å². The van der Waals surface area contributed by atoms with Crippen LogP contribution in [0.25, 0.3) is 12.2 Å². The summed E-state index contributed by atoms with van der Waals surface area (Å²) in [5.41, 5.74) is 1.01. The third kappa shape index (κ3) is 8.17. The molecule has 0 bridgehead atoms. The molecule has 0 amide bonds. The summed E-state index contributed by atoms with van der Waals surface area (Å²) in [6.07, 6.45) is 2.03. The van der Waals surface area contributed by atoms with Crippen LogP contribution in [0.4, 0.5) is 0 Å². The summed E-state index contributed by atoms with van der Waals surface area (Å²) in [6.45, 7) is 0. The number of carbonyl (C=O) groups excluding carboxylic acids is 3. The van der Waals surface area contributed by atoms with E-state index in [0.29, 0.717) is 11.1 Å². The Kier molecular flexibility index (Phi) is 9.79. The van der Waals surface area contributed by atoms with E-state index in [1.165, 1.54) is 66.7 Å². The molecule has 12 nitrogen and oxygen atoms in total. The highest BCUT2D eigenvalue weighted by molar-refractivity contribution is 5.92. The molecule has 0 aliphatic carbocycles. The predicted molar refractivity (Wildman–Crippen MR) is 143 cm³/mol. The van der Waals surface area contributed by atoms with Gasteiger partial charge in [0.15, 0.2) is 34.5 Å². The molecule has 214 valence electrons. The van der Waals surface area contributed by atoms with Crippen LogP contribution in [0.15, 0.2) is 66.4 Å². The number of rotatable bonds is 10. The normalized spacial score (nSPS) is 12.0. The maximum absolute atomic E-state index is 12.5. The molecule has 3 aromatic rings. The zero-order valence-electron chi connectivity index (χ0n) is 21.8. The quantitative estimate of drug-likeness (QED) is 0.0794. The Hall–Kier alpha value is -5.65. The molecule has 3 rings (SSSR count). The molecule has 5 N–H and O–H groups in total. The molecule has 0 fully saturated rings. The fraction of sp³-hybridized carbons (Fsp3) is 0.138. The Morgan fingerprint density at radius 2 is 1.39 bits per heavy atom. The summed E-state index contributed by atoms with van der Waals surface area (Å²) in [5.74, 6) is -5.12. The van der Waals surface area contributed by atoms with Crippen molar-refractivity contribution in [3.05, 3.63) is 83.1 Å². The van der Waals surface area contributed by atoms with Gasteiger partial charge in [0.2, 0.25) is 11.9 Å². The number of esters is 3. The summed E-state index contributed by atoms with van der Waals surface area (Å²) in [7, 11) is 2.23. The van der Waals surface area contributed by atoms with Gasteiger partial charge < -0.3 is 44.5 Å². The number of phenols is 5. The lowest BCUT2D eigenvalue weighted by atomic mass is 10.1. The largest absolute Gasteiger partial charge is 0.504 e. The van der Waals surface area contributed by atoms with E-state index in [1.54, 1.807) is 0 Å². The van der Waals surface area contributed by atoms with Crippen molar-refractivity contribution >= 4 is 30.1 Å². The minimum Gasteiger partial charge on any atom is -0.504 e. The van der Waals surface area contributed by atoms with E-state index in [4.69, 9.17) is 14.2 Å². The monoisotopic (exact) mass is 566 g/mol. The van der Waals surface area contributed by atoms with Crippen LogP contribution >= 0.6 is 0 Å². The number of methoxy groups -OCH3 is 2. The molecule has 12 heteroatoms. The zero-order chi connectivity index (χ0) is 30.1. The minimum absolute atomic E-state index is 0.140. The molecule has 0 saturated heterocycles. The first-order chi connectivity index (χ1) is 19.5. The highest BCUT2D eigenvalue weighted by Crippen LogP contribution is 2.31. The van der Waals surface area contributed by atoms with Gasteiger partial charge in [-0.1, -0.05) is 18.2 Å². The van der Waals surface area contributed by atoms with Gasteiger partial charge in [0.05, 0.1) is 14.2 Å². The van der Waals surface area contributed by atoms with E-state index >= 15 is 0 Å². The summed E-state index contributed by atoms with van der Waals surface area (Å²) in [5, 5.41) is 48.6. The Morgan fingerprint density at radius 1 is 0.756 bits per heavy atom. The Morgan fingerprint density at radius 3 is 2.02 bits per heavy atom. The fourth-order valence-electron chi connectivity index (χ4n) is 3.41. The predicted octanol–water partition coefficient (Wildman–Crippen LogP) is 3.15. The number of carbonyl (C=O) groups is 3. The summed E-state index contributed by atoms with van der Waals surface area (Å²) >= 11 is 0. The topological polar surface area (TPSA) is 189 Å². The number of hydrogen-bond acceptors (Lipinski definition) is 12. The summed E-state index contributed by atoms with van der Waals surface area (Å²) in [6, 6.07) is 11.6. The molecule has 0 heterocycles. The van der Waals surface area contributed by atoms with Crippen molar-refractivity contribution in [3.8, 4) is 34.5 Å². The van der Waals surface area contributed by atoms with Crippen LogP contribution in [0.1, 0.15) is 16.7 Å². The smallest absolute Gasteiger partial charge is 0.373 e. The van der Waals surface area contributed by atoms with Crippen LogP contribution in [-0.2, 0) is 35.0 Å². The van der Waals surface area contributed by atoms with Gasteiger partial charge in [-0.2, -0.15) is 0 Å². The maximum atomic E-state index is 12.5. The van der Waals surface area contributed by atoms with Crippen LogP contribution in [0, 0.1) is 0 Å². The van der Waals surface area contributed by atoms with Gasteiger partial charge in [-0.15, -0.1) is 0 Å². The third-order valence-corrected chi connectivity index (χ3v) is 5.48. The van der Waals surface area contributed by atoms with E-state index < -0.39 is 35.5 Å². The van der Waals surface area contributed by atoms with Crippen LogP contribution < -0.4 is 4.74 Å². The van der Waals surface area contributed by atoms with Gasteiger partial charge in [0.1, 0.15) is 0 Å². The molecule has 0 radical (unpaired) electrons. The standard InChI is InChI=1S/C29H26O12/c1-38-28(36)25(14-17-4-7-19(30)22(33)11-17)40-24-13-16(3-9-21(24)32)6-10-27(35)41-26(29(37)39-2)15-18-5-8-20(31)23(34)12-18/h3-14,26,30-34H,15H2,1-2H3/b10-6+,25-14-/t26-/m1/s1. The van der Waals surface area contributed by atoms with Gasteiger partial charge in [-0.05, 0) is 65.2 Å². The first-order valence-electron chi connectivity index (χ1n) is 11.8. The Labute approximate surface area is 233 Å². The van der Waals surface area contributed by atoms with E-state index in [1.807, 2.05) is 0 Å². The van der Waals surface area contributed by atoms with E-state index in [-0.39, 0.29) is 40.7 Å². The van der Waals surface area contributed by atoms with Crippen molar-refractivity contribution in [3.63, 3.8) is 0 Å². The summed E-state index contributed by atoms with van der Waals surface area (Å²) in [4.78, 5) is 36.9. The Bertz CT molecular complexity index is 1510. The molecule has 3 aromatic carbocycles. The molecule has 0 unspecified atom stereocenters. The van der Waals surface area contributed by atoms with Crippen molar-refractivity contribution in [1.82, 2.24) is 0 Å². The molecule has 1 atom stereocenters. The first kappa shape index (κ1) is 29.9. The molecule has 0 aliphatic rings. The first-order valence-corrected chi connectivity index (χ1v) is 11.8. The zero-order valence-corrected chi connectivity index (χ0v) is 21.8. The van der Waals surface area contributed by atoms with Crippen LogP contribution in [0.3, 0.4) is 0 Å². The second-order valence-electron chi connectivity index (χ2n) is 8.39. The van der Waals surface area contributed by atoms with Gasteiger partial charge >= 0.3 is 17.9 Å². The lowest BCUT2D eigenvalue weighted by Crippen LogP contribution is -2.30. The lowest BCUT2D eigenvalue weighted by molar-refractivity contribution is -0.162. The van der Waals surface area contributed by atoms with Crippen LogP contribution in [0.2, 0.25) is 0 Å². The van der Waals surface area contributed by atoms with Crippen molar-refractivity contribution < 1.29 is 58.9 Å². The lowest BCUT2D eigenvalue weighted by Gasteiger charge is -2.15. The van der Waals surface area contributed by atoms with Gasteiger partial charge in [-0.3, -0.25) is 0 Å². The molecule has 0 aliphatic heterocycles. The number of benzene rings is 3. The van der Waals surface area contributed by atoms with Crippen molar-refractivity contribution in [1.29, 1.82) is 0 Å². The van der Waals surface area contributed by atoms with Crippen molar-refractivity contribution in [2.75, 3.05) is 14.2 Å². The average molecular weight is 567 g/mol. The Balaban J connectivity index is 1.78. The number of aromatic hydroxyl groups is 5. The van der Waals surface area contributed by atoms with Gasteiger partial charge in [0.25, 0.3) is 0 Å². The second-order valence-corrected chi connectivity index (χ2v) is 8.39. The highest BCUT2D eigenvalue weighted by atomic mass is 16.6. The van der Waals surface area contributed by atoms with Crippen LogP contribution in [0.5, 0.6) is 34.5 Å². The molecule has 0 spiro atoms. The van der Waals surface area contributed by atoms with E-state index in [9.17, 15) is 39.9 Å². The SMILES string of the molecule is COC(=O)/C(=C/c1ccc(O)c(O)c1)Oc1cc(/C=C/C(=O)O[C@H](Cc2ccc(O)c(O)c2)C(=O)OC)ccc1O.